The summed E-state index contributed by atoms with van der Waals surface area (Å²) in [6.07, 6.45) is 37.2. The molecular weight excluding hydrogens is 446 g/mol. The molecule has 37 heavy (non-hydrogen) atoms. The van der Waals surface area contributed by atoms with Crippen molar-refractivity contribution in [3.05, 3.63) is 29.8 Å². The Balaban J connectivity index is 1.90. The van der Waals surface area contributed by atoms with Crippen LogP contribution in [0.2, 0.25) is 0 Å². The van der Waals surface area contributed by atoms with Crippen molar-refractivity contribution in [2.45, 2.75) is 181 Å². The van der Waals surface area contributed by atoms with Crippen LogP contribution in [-0.2, 0) is 6.42 Å². The Bertz CT molecular complexity index is 563. The Labute approximate surface area is 234 Å². The highest BCUT2D eigenvalue weighted by molar-refractivity contribution is 5.32. The molecule has 0 bridgehead atoms. The summed E-state index contributed by atoms with van der Waals surface area (Å²) in [6, 6.07) is 9.53. The summed E-state index contributed by atoms with van der Waals surface area (Å²) in [5, 5.41) is 0. The maximum Gasteiger partial charge on any atom is 0.130 e. The second-order valence-electron chi connectivity index (χ2n) is 12.1. The van der Waals surface area contributed by atoms with Gasteiger partial charge in [0, 0.05) is 0 Å². The van der Waals surface area contributed by atoms with Crippen LogP contribution in [-0.4, -0.2) is 13.6 Å². The lowest BCUT2D eigenvalue weighted by Crippen LogP contribution is -3.03. The van der Waals surface area contributed by atoms with Crippen LogP contribution in [0, 0.1) is 0 Å². The standard InChI is InChI=1S/C36H67N/c1-4-6-8-10-12-14-15-16-17-18-19-20-22-24-26-28-34-37(3)36-32-30-35(31-33-36)29-27-25-23-21-13-11-9-7-5-2/h30-33H,4-29,34H2,1-3H3/p+1. The predicted octanol–water partition coefficient (Wildman–Crippen LogP) is 11.2. The maximum absolute atomic E-state index is 2.39. The summed E-state index contributed by atoms with van der Waals surface area (Å²) in [5.74, 6) is 0. The average Bonchev–Trinajstić information content (AvgIpc) is 2.92. The summed E-state index contributed by atoms with van der Waals surface area (Å²) in [7, 11) is 2.35. The quantitative estimate of drug-likeness (QED) is 0.106. The largest absolute Gasteiger partial charge is 0.305 e. The topological polar surface area (TPSA) is 4.44 Å². The highest BCUT2D eigenvalue weighted by Gasteiger charge is 2.06. The third-order valence-corrected chi connectivity index (χ3v) is 8.42. The van der Waals surface area contributed by atoms with Crippen molar-refractivity contribution in [2.24, 2.45) is 0 Å². The predicted molar refractivity (Wildman–Crippen MR) is 168 cm³/mol. The minimum Gasteiger partial charge on any atom is -0.305 e. The third kappa shape index (κ3) is 21.8. The van der Waals surface area contributed by atoms with E-state index in [-0.39, 0.29) is 0 Å². The molecule has 1 nitrogen and oxygen atoms in total. The van der Waals surface area contributed by atoms with E-state index in [2.05, 4.69) is 45.2 Å². The van der Waals surface area contributed by atoms with Gasteiger partial charge in [0.15, 0.2) is 0 Å². The lowest BCUT2D eigenvalue weighted by molar-refractivity contribution is -0.810. The summed E-state index contributed by atoms with van der Waals surface area (Å²) >= 11 is 0. The first kappa shape index (κ1) is 34.2. The smallest absolute Gasteiger partial charge is 0.130 e. The van der Waals surface area contributed by atoms with E-state index >= 15 is 0 Å². The Hall–Kier alpha value is -0.820. The summed E-state index contributed by atoms with van der Waals surface area (Å²) < 4.78 is 0. The Morgan fingerprint density at radius 3 is 1.11 bits per heavy atom. The van der Waals surface area contributed by atoms with Crippen molar-refractivity contribution in [1.82, 2.24) is 0 Å². The maximum atomic E-state index is 2.39. The third-order valence-electron chi connectivity index (χ3n) is 8.42. The van der Waals surface area contributed by atoms with Gasteiger partial charge in [-0.1, -0.05) is 167 Å². The van der Waals surface area contributed by atoms with Crippen molar-refractivity contribution in [1.29, 1.82) is 0 Å². The van der Waals surface area contributed by atoms with Crippen LogP contribution in [0.15, 0.2) is 24.3 Å². The normalized spacial score (nSPS) is 12.3. The van der Waals surface area contributed by atoms with Crippen LogP contribution in [0.25, 0.3) is 0 Å². The number of benzene rings is 1. The van der Waals surface area contributed by atoms with Gasteiger partial charge in [-0.3, -0.25) is 0 Å². The lowest BCUT2D eigenvalue weighted by Gasteiger charge is -2.14. The van der Waals surface area contributed by atoms with Crippen molar-refractivity contribution < 1.29 is 4.90 Å². The molecule has 1 aromatic rings. The lowest BCUT2D eigenvalue weighted by atomic mass is 10.0. The average molecular weight is 515 g/mol. The molecule has 1 rings (SSSR count). The van der Waals surface area contributed by atoms with Crippen molar-refractivity contribution >= 4 is 5.69 Å². The molecule has 0 saturated carbocycles. The Kier molecular flexibility index (Phi) is 24.8. The van der Waals surface area contributed by atoms with E-state index in [1.54, 1.807) is 4.90 Å². The molecule has 0 amide bonds. The number of aryl methyl sites for hydroxylation is 1. The molecule has 0 fully saturated rings. The molecule has 0 radical (unpaired) electrons. The fourth-order valence-corrected chi connectivity index (χ4v) is 5.68. The number of hydrogen-bond donors (Lipinski definition) is 1. The SMILES string of the molecule is CCCCCCCCCCCCCCCCCC[NH+](C)c1ccc(CCCCCCCCCCC)cc1. The van der Waals surface area contributed by atoms with Gasteiger partial charge in [-0.25, -0.2) is 0 Å². The van der Waals surface area contributed by atoms with Crippen molar-refractivity contribution in [3.8, 4) is 0 Å². The van der Waals surface area contributed by atoms with E-state index in [1.165, 1.54) is 185 Å². The van der Waals surface area contributed by atoms with E-state index in [1.807, 2.05) is 0 Å². The van der Waals surface area contributed by atoms with E-state index in [4.69, 9.17) is 0 Å². The van der Waals surface area contributed by atoms with Crippen LogP contribution in [0.4, 0.5) is 5.69 Å². The van der Waals surface area contributed by atoms with Gasteiger partial charge in [0.25, 0.3) is 0 Å². The second kappa shape index (κ2) is 26.8. The zero-order valence-corrected chi connectivity index (χ0v) is 25.9. The van der Waals surface area contributed by atoms with Gasteiger partial charge in [-0.15, -0.1) is 0 Å². The van der Waals surface area contributed by atoms with Gasteiger partial charge in [-0.05, 0) is 43.4 Å². The first-order chi connectivity index (χ1) is 18.3. The van der Waals surface area contributed by atoms with E-state index in [0.29, 0.717) is 0 Å². The summed E-state index contributed by atoms with van der Waals surface area (Å²) in [6.45, 7) is 5.88. The van der Waals surface area contributed by atoms with E-state index in [0.717, 1.165) is 0 Å². The first-order valence-electron chi connectivity index (χ1n) is 17.2. The Morgan fingerprint density at radius 2 is 0.730 bits per heavy atom. The summed E-state index contributed by atoms with van der Waals surface area (Å²) in [5.41, 5.74) is 3.00. The molecule has 0 saturated heterocycles. The molecule has 0 aliphatic rings. The van der Waals surface area contributed by atoms with Crippen molar-refractivity contribution in [3.63, 3.8) is 0 Å². The Morgan fingerprint density at radius 1 is 0.405 bits per heavy atom. The van der Waals surface area contributed by atoms with Crippen LogP contribution in [0.3, 0.4) is 0 Å². The molecule has 1 atom stereocenters. The van der Waals surface area contributed by atoms with Crippen LogP contribution >= 0.6 is 0 Å². The highest BCUT2D eigenvalue weighted by Crippen LogP contribution is 2.15. The molecule has 0 aromatic heterocycles. The second-order valence-corrected chi connectivity index (χ2v) is 12.1. The van der Waals surface area contributed by atoms with Gasteiger partial charge < -0.3 is 4.90 Å². The molecule has 0 aliphatic heterocycles. The molecular formula is C36H68N+. The van der Waals surface area contributed by atoms with Gasteiger partial charge in [0.2, 0.25) is 0 Å². The molecule has 216 valence electrons. The number of quaternary nitrogens is 1. The van der Waals surface area contributed by atoms with Crippen LogP contribution in [0.5, 0.6) is 0 Å². The van der Waals surface area contributed by atoms with Gasteiger partial charge in [0.1, 0.15) is 5.69 Å². The fourth-order valence-electron chi connectivity index (χ4n) is 5.68. The van der Waals surface area contributed by atoms with Crippen LogP contribution in [0.1, 0.15) is 180 Å². The molecule has 1 aromatic carbocycles. The van der Waals surface area contributed by atoms with Crippen LogP contribution < -0.4 is 4.90 Å². The van der Waals surface area contributed by atoms with Gasteiger partial charge in [0.05, 0.1) is 13.6 Å². The summed E-state index contributed by atoms with van der Waals surface area (Å²) in [4.78, 5) is 1.58. The molecule has 1 heteroatoms. The minimum absolute atomic E-state index is 1.26. The van der Waals surface area contributed by atoms with Gasteiger partial charge >= 0.3 is 0 Å². The molecule has 0 aliphatic carbocycles. The zero-order valence-electron chi connectivity index (χ0n) is 25.9. The first-order valence-corrected chi connectivity index (χ1v) is 17.2. The van der Waals surface area contributed by atoms with E-state index < -0.39 is 0 Å². The van der Waals surface area contributed by atoms with Gasteiger partial charge in [-0.2, -0.15) is 0 Å². The number of unbranched alkanes of at least 4 members (excludes halogenated alkanes) is 23. The number of nitrogens with one attached hydrogen (secondary N) is 1. The number of hydrogen-bond acceptors (Lipinski definition) is 0. The van der Waals surface area contributed by atoms with Crippen molar-refractivity contribution in [2.75, 3.05) is 13.6 Å². The molecule has 0 heterocycles. The minimum atomic E-state index is 1.26. The molecule has 1 N–H and O–H groups in total. The van der Waals surface area contributed by atoms with E-state index in [9.17, 15) is 0 Å². The number of rotatable bonds is 28. The molecule has 0 spiro atoms. The fraction of sp³-hybridized carbons (Fsp3) is 0.833. The highest BCUT2D eigenvalue weighted by atomic mass is 15.1. The zero-order chi connectivity index (χ0) is 26.7. The molecule has 1 unspecified atom stereocenters. The monoisotopic (exact) mass is 515 g/mol.